The number of nitrogens with zero attached hydrogens (tertiary/aromatic N) is 1. The van der Waals surface area contributed by atoms with Crippen LogP contribution in [0.4, 0.5) is 10.1 Å². The Hall–Kier alpha value is -2.89. The third-order valence-corrected chi connectivity index (χ3v) is 4.17. The van der Waals surface area contributed by atoms with Crippen molar-refractivity contribution in [1.82, 2.24) is 5.32 Å². The second kappa shape index (κ2) is 7.79. The summed E-state index contributed by atoms with van der Waals surface area (Å²) < 4.78 is 13.5. The third-order valence-electron chi connectivity index (χ3n) is 4.17. The van der Waals surface area contributed by atoms with E-state index in [9.17, 15) is 9.18 Å². The molecule has 0 fully saturated rings. The van der Waals surface area contributed by atoms with Gasteiger partial charge in [-0.2, -0.15) is 0 Å². The fourth-order valence-electron chi connectivity index (χ4n) is 2.92. The summed E-state index contributed by atoms with van der Waals surface area (Å²) in [5.41, 5.74) is 9.56. The summed E-state index contributed by atoms with van der Waals surface area (Å²) in [6.07, 6.45) is 3.44. The van der Waals surface area contributed by atoms with Crippen LogP contribution in [0.15, 0.2) is 47.5 Å². The Balaban J connectivity index is 1.47. The van der Waals surface area contributed by atoms with Crippen molar-refractivity contribution in [2.45, 2.75) is 19.3 Å². The number of hydrogen-bond acceptors (Lipinski definition) is 2. The summed E-state index contributed by atoms with van der Waals surface area (Å²) in [7, 11) is 0. The molecule has 1 aliphatic carbocycles. The van der Waals surface area contributed by atoms with Gasteiger partial charge in [-0.25, -0.2) is 4.39 Å². The first kappa shape index (κ1) is 17.0. The molecular formula is C19H21FN4O. The minimum Gasteiger partial charge on any atom is -0.370 e. The van der Waals surface area contributed by atoms with Crippen LogP contribution in [0.3, 0.4) is 0 Å². The molecular weight excluding hydrogens is 319 g/mol. The molecule has 6 heteroatoms. The molecule has 0 spiro atoms. The van der Waals surface area contributed by atoms with E-state index in [0.29, 0.717) is 6.54 Å². The Morgan fingerprint density at radius 1 is 1.16 bits per heavy atom. The van der Waals surface area contributed by atoms with Crippen molar-refractivity contribution in [3.05, 3.63) is 65.0 Å². The fourth-order valence-corrected chi connectivity index (χ4v) is 2.92. The molecule has 0 atom stereocenters. The SMILES string of the molecule is NC(=NCCNC(=O)c1ccccc1F)Nc1ccc2c(c1)CCC2. The average molecular weight is 340 g/mol. The number of benzene rings is 2. The number of aliphatic imine (C=N–C) groups is 1. The number of guanidine groups is 1. The van der Waals surface area contributed by atoms with Gasteiger partial charge in [-0.15, -0.1) is 0 Å². The molecule has 0 saturated heterocycles. The quantitative estimate of drug-likeness (QED) is 0.444. The van der Waals surface area contributed by atoms with Gasteiger partial charge in [-0.3, -0.25) is 9.79 Å². The molecule has 0 bridgehead atoms. The van der Waals surface area contributed by atoms with Crippen molar-refractivity contribution >= 4 is 17.6 Å². The number of nitrogens with one attached hydrogen (secondary N) is 2. The van der Waals surface area contributed by atoms with Crippen LogP contribution >= 0.6 is 0 Å². The zero-order valence-electron chi connectivity index (χ0n) is 13.9. The Morgan fingerprint density at radius 2 is 1.96 bits per heavy atom. The zero-order valence-corrected chi connectivity index (χ0v) is 13.9. The lowest BCUT2D eigenvalue weighted by molar-refractivity contribution is 0.0951. The van der Waals surface area contributed by atoms with Crippen LogP contribution in [-0.2, 0) is 12.8 Å². The highest BCUT2D eigenvalue weighted by Gasteiger charge is 2.11. The van der Waals surface area contributed by atoms with Gasteiger partial charge in [0.1, 0.15) is 5.82 Å². The molecule has 0 aromatic heterocycles. The van der Waals surface area contributed by atoms with Gasteiger partial charge in [0.15, 0.2) is 5.96 Å². The van der Waals surface area contributed by atoms with Crippen molar-refractivity contribution in [2.24, 2.45) is 10.7 Å². The van der Waals surface area contributed by atoms with Crippen LogP contribution in [-0.4, -0.2) is 25.0 Å². The van der Waals surface area contributed by atoms with E-state index >= 15 is 0 Å². The highest BCUT2D eigenvalue weighted by molar-refractivity contribution is 5.94. The van der Waals surface area contributed by atoms with E-state index in [2.05, 4.69) is 27.8 Å². The summed E-state index contributed by atoms with van der Waals surface area (Å²) in [4.78, 5) is 16.0. The highest BCUT2D eigenvalue weighted by atomic mass is 19.1. The normalized spacial score (nSPS) is 13.4. The van der Waals surface area contributed by atoms with Gasteiger partial charge in [0.05, 0.1) is 12.1 Å². The van der Waals surface area contributed by atoms with Crippen LogP contribution in [0, 0.1) is 5.82 Å². The molecule has 25 heavy (non-hydrogen) atoms. The lowest BCUT2D eigenvalue weighted by Gasteiger charge is -2.08. The lowest BCUT2D eigenvalue weighted by Crippen LogP contribution is -2.29. The molecule has 0 aliphatic heterocycles. The summed E-state index contributed by atoms with van der Waals surface area (Å²) >= 11 is 0. The van der Waals surface area contributed by atoms with Gasteiger partial charge in [0.2, 0.25) is 0 Å². The van der Waals surface area contributed by atoms with E-state index in [1.54, 1.807) is 12.1 Å². The Morgan fingerprint density at radius 3 is 2.80 bits per heavy atom. The number of fused-ring (bicyclic) bond motifs is 1. The third kappa shape index (κ3) is 4.35. The number of carbonyl (C=O) groups excluding carboxylic acids is 1. The average Bonchev–Trinajstić information content (AvgIpc) is 3.06. The summed E-state index contributed by atoms with van der Waals surface area (Å²) in [5, 5.41) is 5.68. The van der Waals surface area contributed by atoms with E-state index < -0.39 is 11.7 Å². The number of aryl methyl sites for hydroxylation is 2. The fraction of sp³-hybridized carbons (Fsp3) is 0.263. The van der Waals surface area contributed by atoms with Crippen molar-refractivity contribution in [1.29, 1.82) is 0 Å². The Labute approximate surface area is 146 Å². The molecule has 0 saturated carbocycles. The van der Waals surface area contributed by atoms with Crippen molar-refractivity contribution in [3.63, 3.8) is 0 Å². The summed E-state index contributed by atoms with van der Waals surface area (Å²) in [5.74, 6) is -0.710. The number of hydrogen-bond donors (Lipinski definition) is 3. The monoisotopic (exact) mass is 340 g/mol. The van der Waals surface area contributed by atoms with Crippen LogP contribution in [0.1, 0.15) is 27.9 Å². The Bertz CT molecular complexity index is 804. The first-order valence-corrected chi connectivity index (χ1v) is 8.35. The van der Waals surface area contributed by atoms with Gasteiger partial charge in [0.25, 0.3) is 5.91 Å². The molecule has 2 aromatic carbocycles. The van der Waals surface area contributed by atoms with E-state index in [0.717, 1.165) is 18.5 Å². The van der Waals surface area contributed by atoms with E-state index in [1.165, 1.54) is 29.7 Å². The highest BCUT2D eigenvalue weighted by Crippen LogP contribution is 2.24. The van der Waals surface area contributed by atoms with E-state index in [-0.39, 0.29) is 18.1 Å². The molecule has 0 unspecified atom stereocenters. The summed E-state index contributed by atoms with van der Waals surface area (Å²) in [6.45, 7) is 0.587. The van der Waals surface area contributed by atoms with Crippen molar-refractivity contribution < 1.29 is 9.18 Å². The van der Waals surface area contributed by atoms with Crippen molar-refractivity contribution in [2.75, 3.05) is 18.4 Å². The molecule has 0 radical (unpaired) electrons. The van der Waals surface area contributed by atoms with Gasteiger partial charge in [-0.05, 0) is 54.7 Å². The number of anilines is 1. The number of rotatable bonds is 5. The first-order chi connectivity index (χ1) is 12.1. The molecule has 1 amide bonds. The maximum Gasteiger partial charge on any atom is 0.254 e. The van der Waals surface area contributed by atoms with Gasteiger partial charge < -0.3 is 16.4 Å². The van der Waals surface area contributed by atoms with Crippen LogP contribution < -0.4 is 16.4 Å². The maximum absolute atomic E-state index is 13.5. The predicted octanol–water partition coefficient (Wildman–Crippen LogP) is 2.47. The van der Waals surface area contributed by atoms with Gasteiger partial charge in [0, 0.05) is 12.2 Å². The minimum atomic E-state index is -0.540. The second-order valence-electron chi connectivity index (χ2n) is 5.96. The number of carbonyl (C=O) groups is 1. The van der Waals surface area contributed by atoms with Crippen molar-refractivity contribution in [3.8, 4) is 0 Å². The summed E-state index contributed by atoms with van der Waals surface area (Å²) in [6, 6.07) is 12.1. The standard InChI is InChI=1S/C19H21FN4O/c20-17-7-2-1-6-16(17)18(25)22-10-11-23-19(21)24-15-9-8-13-4-3-5-14(13)12-15/h1-2,6-9,12H,3-5,10-11H2,(H,22,25)(H3,21,23,24). The molecule has 1 aliphatic rings. The molecule has 0 heterocycles. The van der Waals surface area contributed by atoms with Gasteiger partial charge in [-0.1, -0.05) is 18.2 Å². The minimum absolute atomic E-state index is 0.0238. The largest absolute Gasteiger partial charge is 0.370 e. The smallest absolute Gasteiger partial charge is 0.254 e. The van der Waals surface area contributed by atoms with Crippen LogP contribution in [0.25, 0.3) is 0 Å². The van der Waals surface area contributed by atoms with Crippen LogP contribution in [0.2, 0.25) is 0 Å². The van der Waals surface area contributed by atoms with Crippen LogP contribution in [0.5, 0.6) is 0 Å². The zero-order chi connectivity index (χ0) is 17.6. The maximum atomic E-state index is 13.5. The first-order valence-electron chi connectivity index (χ1n) is 8.35. The Kier molecular flexibility index (Phi) is 5.28. The number of halogens is 1. The molecule has 2 aromatic rings. The topological polar surface area (TPSA) is 79.5 Å². The molecule has 4 N–H and O–H groups in total. The number of amides is 1. The molecule has 3 rings (SSSR count). The van der Waals surface area contributed by atoms with Gasteiger partial charge >= 0.3 is 0 Å². The van der Waals surface area contributed by atoms with E-state index in [1.807, 2.05) is 6.07 Å². The molecule has 5 nitrogen and oxygen atoms in total. The lowest BCUT2D eigenvalue weighted by atomic mass is 10.1. The predicted molar refractivity (Wildman–Crippen MR) is 97.3 cm³/mol. The molecule has 130 valence electrons. The second-order valence-corrected chi connectivity index (χ2v) is 5.96. The van der Waals surface area contributed by atoms with E-state index in [4.69, 9.17) is 5.73 Å². The number of nitrogens with two attached hydrogens (primary N) is 1.